The lowest BCUT2D eigenvalue weighted by molar-refractivity contribution is -0.132. The molecule has 8 nitrogen and oxygen atoms in total. The zero-order valence-corrected chi connectivity index (χ0v) is 16.4. The number of rotatable bonds is 6. The molecule has 2 N–H and O–H groups in total. The molecule has 1 aromatic carbocycles. The number of amides is 1. The van der Waals surface area contributed by atoms with Gasteiger partial charge in [-0.15, -0.1) is 0 Å². The summed E-state index contributed by atoms with van der Waals surface area (Å²) in [7, 11) is -3.78. The summed E-state index contributed by atoms with van der Waals surface area (Å²) in [6, 6.07) is 7.73. The lowest BCUT2D eigenvalue weighted by Crippen LogP contribution is -2.51. The van der Waals surface area contributed by atoms with Gasteiger partial charge in [0.1, 0.15) is 6.10 Å². The second-order valence-electron chi connectivity index (χ2n) is 6.61. The molecule has 0 bridgehead atoms. The van der Waals surface area contributed by atoms with Crippen molar-refractivity contribution in [2.24, 2.45) is 5.16 Å². The maximum absolute atomic E-state index is 12.1. The van der Waals surface area contributed by atoms with Crippen molar-refractivity contribution < 1.29 is 23.3 Å². The van der Waals surface area contributed by atoms with Gasteiger partial charge in [0.15, 0.2) is 14.6 Å². The zero-order valence-electron chi connectivity index (χ0n) is 14.7. The van der Waals surface area contributed by atoms with Crippen LogP contribution in [0.25, 0.3) is 11.1 Å². The molecule has 10 heteroatoms. The monoisotopic (exact) mass is 409 g/mol. The molecular formula is C17H19N3O5S2. The van der Waals surface area contributed by atoms with E-state index in [4.69, 9.17) is 10.0 Å². The molecule has 3 rings (SSSR count). The minimum Gasteiger partial charge on any atom is -0.392 e. The molecule has 1 aliphatic heterocycles. The Morgan fingerprint density at radius 1 is 1.33 bits per heavy atom. The number of carbonyl (C=O) groups excluding carboxylic acids is 1. The number of hydroxylamine groups is 1. The number of carbonyl (C=O) groups is 1. The Bertz CT molecular complexity index is 955. The summed E-state index contributed by atoms with van der Waals surface area (Å²) in [5.74, 6) is -0.990. The van der Waals surface area contributed by atoms with E-state index in [9.17, 15) is 13.2 Å². The number of sulfone groups is 1. The predicted octanol–water partition coefficient (Wildman–Crippen LogP) is 2.00. The molecule has 0 aliphatic carbocycles. The first-order valence-corrected chi connectivity index (χ1v) is 10.8. The molecule has 2 heterocycles. The molecule has 0 saturated carbocycles. The molecule has 2 atom stereocenters. The lowest BCUT2D eigenvalue weighted by Gasteiger charge is -2.26. The van der Waals surface area contributed by atoms with Gasteiger partial charge < -0.3 is 4.84 Å². The largest absolute Gasteiger partial charge is 0.392 e. The lowest BCUT2D eigenvalue weighted by atomic mass is 9.96. The highest BCUT2D eigenvalue weighted by molar-refractivity contribution is 7.92. The van der Waals surface area contributed by atoms with Gasteiger partial charge in [-0.05, 0) is 29.6 Å². The number of nitrogens with zero attached hydrogens (tertiary/aromatic N) is 2. The molecule has 2 unspecified atom stereocenters. The minimum atomic E-state index is -3.78. The topological polar surface area (TPSA) is 118 Å². The number of hydrogen-bond acceptors (Lipinski definition) is 8. The third-order valence-corrected chi connectivity index (χ3v) is 7.31. The smallest absolute Gasteiger partial charge is 0.264 e. The SMILES string of the molecule is CC(CC1CC(c2ccc(-c3cnsc3)cc2)=NO1)(C(=O)NO)S(C)(=O)=O. The van der Waals surface area contributed by atoms with Crippen molar-refractivity contribution in [1.29, 1.82) is 0 Å². The van der Waals surface area contributed by atoms with Crippen LogP contribution in [0.3, 0.4) is 0 Å². The van der Waals surface area contributed by atoms with Crippen LogP contribution in [0.5, 0.6) is 0 Å². The van der Waals surface area contributed by atoms with Gasteiger partial charge >= 0.3 is 0 Å². The molecule has 1 amide bonds. The van der Waals surface area contributed by atoms with Crippen molar-refractivity contribution in [3.8, 4) is 11.1 Å². The maximum Gasteiger partial charge on any atom is 0.264 e. The fourth-order valence-electron chi connectivity index (χ4n) is 2.88. The van der Waals surface area contributed by atoms with Crippen LogP contribution in [0.1, 0.15) is 25.3 Å². The molecule has 2 aromatic rings. The Balaban J connectivity index is 1.72. The first-order chi connectivity index (χ1) is 12.7. The van der Waals surface area contributed by atoms with E-state index in [0.717, 1.165) is 22.9 Å². The van der Waals surface area contributed by atoms with E-state index in [1.54, 1.807) is 6.20 Å². The highest BCUT2D eigenvalue weighted by Gasteiger charge is 2.47. The van der Waals surface area contributed by atoms with Crippen LogP contribution in [0, 0.1) is 0 Å². The Morgan fingerprint density at radius 2 is 2.00 bits per heavy atom. The quantitative estimate of drug-likeness (QED) is 0.557. The summed E-state index contributed by atoms with van der Waals surface area (Å²) >= 11 is 1.38. The van der Waals surface area contributed by atoms with Gasteiger partial charge in [-0.25, -0.2) is 18.3 Å². The van der Waals surface area contributed by atoms with Crippen molar-refractivity contribution >= 4 is 33.0 Å². The third-order valence-electron chi connectivity index (χ3n) is 4.73. The van der Waals surface area contributed by atoms with Gasteiger partial charge in [-0.2, -0.15) is 0 Å². The average Bonchev–Trinajstić information content (AvgIpc) is 3.32. The molecule has 1 aromatic heterocycles. The fraction of sp³-hybridized carbons (Fsp3) is 0.353. The number of nitrogens with one attached hydrogen (secondary N) is 1. The van der Waals surface area contributed by atoms with Crippen LogP contribution in [-0.4, -0.2) is 46.7 Å². The zero-order chi connectivity index (χ0) is 19.7. The Morgan fingerprint density at radius 3 is 2.56 bits per heavy atom. The van der Waals surface area contributed by atoms with Gasteiger partial charge in [0.25, 0.3) is 5.91 Å². The molecule has 144 valence electrons. The number of oxime groups is 1. The summed E-state index contributed by atoms with van der Waals surface area (Å²) in [5.41, 5.74) is 5.04. The summed E-state index contributed by atoms with van der Waals surface area (Å²) in [6.45, 7) is 1.26. The Kier molecular flexibility index (Phi) is 5.31. The first-order valence-electron chi connectivity index (χ1n) is 8.11. The highest BCUT2D eigenvalue weighted by atomic mass is 32.2. The second kappa shape index (κ2) is 7.37. The predicted molar refractivity (Wildman–Crippen MR) is 101 cm³/mol. The summed E-state index contributed by atoms with van der Waals surface area (Å²) in [5, 5.41) is 14.9. The average molecular weight is 409 g/mol. The van der Waals surface area contributed by atoms with Gasteiger partial charge in [0.2, 0.25) is 0 Å². The van der Waals surface area contributed by atoms with Crippen LogP contribution >= 0.6 is 11.5 Å². The van der Waals surface area contributed by atoms with Crippen molar-refractivity contribution in [2.75, 3.05) is 6.26 Å². The van der Waals surface area contributed by atoms with Gasteiger partial charge in [-0.1, -0.05) is 29.4 Å². The Labute approximate surface area is 160 Å². The van der Waals surface area contributed by atoms with Crippen molar-refractivity contribution in [3.63, 3.8) is 0 Å². The van der Waals surface area contributed by atoms with E-state index in [1.165, 1.54) is 23.9 Å². The van der Waals surface area contributed by atoms with Crippen LogP contribution in [-0.2, 0) is 19.5 Å². The standard InChI is InChI=1S/C17H19N3O5S2/c1-17(16(21)19-22,27(2,23)24)8-14-7-15(20-25-14)12-5-3-11(4-6-12)13-9-18-26-10-13/h3-6,9-10,14,22H,7-8H2,1-2H3,(H,19,21). The van der Waals surface area contributed by atoms with E-state index in [0.29, 0.717) is 12.1 Å². The van der Waals surface area contributed by atoms with Gasteiger partial charge in [0.05, 0.1) is 5.71 Å². The summed E-state index contributed by atoms with van der Waals surface area (Å²) in [6.07, 6.45) is 2.41. The second-order valence-corrected chi connectivity index (χ2v) is 9.71. The van der Waals surface area contributed by atoms with Crippen LogP contribution in [0.4, 0.5) is 0 Å². The molecule has 0 spiro atoms. The summed E-state index contributed by atoms with van der Waals surface area (Å²) in [4.78, 5) is 17.3. The number of aromatic nitrogens is 1. The van der Waals surface area contributed by atoms with Crippen LogP contribution < -0.4 is 5.48 Å². The molecule has 0 fully saturated rings. The van der Waals surface area contributed by atoms with E-state index in [1.807, 2.05) is 29.6 Å². The van der Waals surface area contributed by atoms with E-state index < -0.39 is 26.6 Å². The van der Waals surface area contributed by atoms with E-state index >= 15 is 0 Å². The van der Waals surface area contributed by atoms with Crippen LogP contribution in [0.2, 0.25) is 0 Å². The van der Waals surface area contributed by atoms with Crippen molar-refractivity contribution in [3.05, 3.63) is 41.4 Å². The van der Waals surface area contributed by atoms with E-state index in [-0.39, 0.29) is 6.42 Å². The van der Waals surface area contributed by atoms with Gasteiger partial charge in [0, 0.05) is 36.2 Å². The Hall–Kier alpha value is -2.30. The minimum absolute atomic E-state index is 0.121. The number of hydrogen-bond donors (Lipinski definition) is 2. The molecule has 0 saturated heterocycles. The van der Waals surface area contributed by atoms with E-state index in [2.05, 4.69) is 9.53 Å². The van der Waals surface area contributed by atoms with Gasteiger partial charge in [-0.3, -0.25) is 10.0 Å². The maximum atomic E-state index is 12.1. The molecule has 0 radical (unpaired) electrons. The summed E-state index contributed by atoms with van der Waals surface area (Å²) < 4.78 is 26.4. The fourth-order valence-corrected chi connectivity index (χ4v) is 4.29. The van der Waals surface area contributed by atoms with Crippen molar-refractivity contribution in [1.82, 2.24) is 9.85 Å². The van der Waals surface area contributed by atoms with Crippen LogP contribution in [0.15, 0.2) is 41.0 Å². The number of benzene rings is 1. The molecular weight excluding hydrogens is 390 g/mol. The third kappa shape index (κ3) is 3.87. The normalized spacial score (nSPS) is 19.1. The van der Waals surface area contributed by atoms with Crippen molar-refractivity contribution in [2.45, 2.75) is 30.6 Å². The first kappa shape index (κ1) is 19.5. The molecule has 27 heavy (non-hydrogen) atoms. The highest BCUT2D eigenvalue weighted by Crippen LogP contribution is 2.30. The molecule has 1 aliphatic rings.